The second-order valence-corrected chi connectivity index (χ2v) is 7.31. The molecule has 6 heteroatoms. The van der Waals surface area contributed by atoms with Crippen LogP contribution in [0.25, 0.3) is 0 Å². The van der Waals surface area contributed by atoms with Crippen LogP contribution in [0.3, 0.4) is 0 Å². The van der Waals surface area contributed by atoms with Crippen molar-refractivity contribution in [3.8, 4) is 0 Å². The SMILES string of the molecule is CC(C)C(C)NC(=O)c1ccc(Cl)c(S(C)(=O)=O)c1. The molecule has 1 aromatic rings. The van der Waals surface area contributed by atoms with Crippen molar-refractivity contribution in [1.29, 1.82) is 0 Å². The molecule has 0 spiro atoms. The molecule has 0 aliphatic heterocycles. The Hall–Kier alpha value is -1.07. The highest BCUT2D eigenvalue weighted by Gasteiger charge is 2.17. The molecule has 1 rings (SSSR count). The number of rotatable bonds is 4. The van der Waals surface area contributed by atoms with E-state index in [2.05, 4.69) is 5.32 Å². The van der Waals surface area contributed by atoms with Gasteiger partial charge in [0.15, 0.2) is 9.84 Å². The standard InChI is InChI=1S/C13H18ClNO3S/c1-8(2)9(3)15-13(16)10-5-6-11(14)12(7-10)19(4,17)18/h5-9H,1-4H3,(H,15,16). The Balaban J connectivity index is 3.07. The second-order valence-electron chi connectivity index (χ2n) is 4.92. The van der Waals surface area contributed by atoms with E-state index in [4.69, 9.17) is 11.6 Å². The molecule has 1 amide bonds. The number of carbonyl (C=O) groups is 1. The number of nitrogens with one attached hydrogen (secondary N) is 1. The van der Waals surface area contributed by atoms with Crippen molar-refractivity contribution in [2.24, 2.45) is 5.92 Å². The summed E-state index contributed by atoms with van der Waals surface area (Å²) in [5.74, 6) is -0.00612. The summed E-state index contributed by atoms with van der Waals surface area (Å²) in [6, 6.07) is 4.25. The van der Waals surface area contributed by atoms with Crippen LogP contribution in [0.4, 0.5) is 0 Å². The van der Waals surface area contributed by atoms with E-state index in [1.165, 1.54) is 18.2 Å². The Morgan fingerprint density at radius 2 is 1.84 bits per heavy atom. The molecule has 19 heavy (non-hydrogen) atoms. The van der Waals surface area contributed by atoms with E-state index in [-0.39, 0.29) is 27.4 Å². The Labute approximate surface area is 119 Å². The first-order chi connectivity index (χ1) is 8.62. The molecular formula is C13H18ClNO3S. The fourth-order valence-electron chi connectivity index (χ4n) is 1.39. The van der Waals surface area contributed by atoms with E-state index >= 15 is 0 Å². The summed E-state index contributed by atoms with van der Waals surface area (Å²) in [7, 11) is -3.45. The van der Waals surface area contributed by atoms with Crippen LogP contribution < -0.4 is 5.32 Å². The van der Waals surface area contributed by atoms with Gasteiger partial charge in [-0.05, 0) is 31.0 Å². The van der Waals surface area contributed by atoms with Gasteiger partial charge in [0.25, 0.3) is 5.91 Å². The molecule has 0 aliphatic rings. The van der Waals surface area contributed by atoms with Crippen molar-refractivity contribution in [3.05, 3.63) is 28.8 Å². The maximum absolute atomic E-state index is 12.0. The average Bonchev–Trinajstić information content (AvgIpc) is 2.27. The Kier molecular flexibility index (Phi) is 4.98. The van der Waals surface area contributed by atoms with Gasteiger partial charge in [0.05, 0.1) is 9.92 Å². The lowest BCUT2D eigenvalue weighted by molar-refractivity contribution is 0.0930. The minimum Gasteiger partial charge on any atom is -0.349 e. The number of carbonyl (C=O) groups excluding carboxylic acids is 1. The molecule has 1 unspecified atom stereocenters. The van der Waals surface area contributed by atoms with Gasteiger partial charge < -0.3 is 5.32 Å². The molecule has 0 saturated heterocycles. The third kappa shape index (κ3) is 4.21. The lowest BCUT2D eigenvalue weighted by atomic mass is 10.1. The van der Waals surface area contributed by atoms with Crippen LogP contribution in [0.2, 0.25) is 5.02 Å². The van der Waals surface area contributed by atoms with E-state index in [1.807, 2.05) is 20.8 Å². The van der Waals surface area contributed by atoms with E-state index in [0.717, 1.165) is 6.26 Å². The average molecular weight is 304 g/mol. The largest absolute Gasteiger partial charge is 0.349 e. The second kappa shape index (κ2) is 5.92. The van der Waals surface area contributed by atoms with Gasteiger partial charge in [0.1, 0.15) is 0 Å². The number of hydrogen-bond donors (Lipinski definition) is 1. The van der Waals surface area contributed by atoms with Crippen molar-refractivity contribution in [3.63, 3.8) is 0 Å². The minimum atomic E-state index is -3.45. The lowest BCUT2D eigenvalue weighted by Gasteiger charge is -2.17. The van der Waals surface area contributed by atoms with Gasteiger partial charge in [-0.2, -0.15) is 0 Å². The molecule has 0 aromatic heterocycles. The predicted molar refractivity (Wildman–Crippen MR) is 76.3 cm³/mol. The Morgan fingerprint density at radius 3 is 2.32 bits per heavy atom. The highest BCUT2D eigenvalue weighted by molar-refractivity contribution is 7.90. The van der Waals surface area contributed by atoms with Crippen LogP contribution in [0.1, 0.15) is 31.1 Å². The number of sulfone groups is 1. The number of halogens is 1. The molecule has 4 nitrogen and oxygen atoms in total. The molecule has 1 N–H and O–H groups in total. The van der Waals surface area contributed by atoms with Crippen LogP contribution in [0, 0.1) is 5.92 Å². The summed E-state index contributed by atoms with van der Waals surface area (Å²) in [4.78, 5) is 12.0. The van der Waals surface area contributed by atoms with Gasteiger partial charge >= 0.3 is 0 Å². The highest BCUT2D eigenvalue weighted by Crippen LogP contribution is 2.22. The van der Waals surface area contributed by atoms with Crippen LogP contribution in [-0.2, 0) is 9.84 Å². The molecule has 0 radical (unpaired) electrons. The van der Waals surface area contributed by atoms with Gasteiger partial charge in [-0.3, -0.25) is 4.79 Å². The topological polar surface area (TPSA) is 63.2 Å². The molecular weight excluding hydrogens is 286 g/mol. The Morgan fingerprint density at radius 1 is 1.26 bits per heavy atom. The molecule has 1 aromatic carbocycles. The van der Waals surface area contributed by atoms with Crippen molar-refractivity contribution < 1.29 is 13.2 Å². The summed E-state index contributed by atoms with van der Waals surface area (Å²) in [5.41, 5.74) is 0.289. The first kappa shape index (κ1) is 16.0. The maximum Gasteiger partial charge on any atom is 0.251 e. The monoisotopic (exact) mass is 303 g/mol. The zero-order chi connectivity index (χ0) is 14.8. The van der Waals surface area contributed by atoms with E-state index < -0.39 is 9.84 Å². The van der Waals surface area contributed by atoms with Gasteiger partial charge in [-0.1, -0.05) is 25.4 Å². The van der Waals surface area contributed by atoms with Crippen molar-refractivity contribution in [2.75, 3.05) is 6.26 Å². The number of hydrogen-bond acceptors (Lipinski definition) is 3. The number of benzene rings is 1. The molecule has 0 aliphatic carbocycles. The molecule has 1 atom stereocenters. The highest BCUT2D eigenvalue weighted by atomic mass is 35.5. The first-order valence-corrected chi connectivity index (χ1v) is 8.20. The van der Waals surface area contributed by atoms with Crippen LogP contribution in [0.15, 0.2) is 23.1 Å². The van der Waals surface area contributed by atoms with Crippen molar-refractivity contribution >= 4 is 27.3 Å². The van der Waals surface area contributed by atoms with E-state index in [1.54, 1.807) is 0 Å². The summed E-state index contributed by atoms with van der Waals surface area (Å²) in [6.07, 6.45) is 1.06. The van der Waals surface area contributed by atoms with E-state index in [9.17, 15) is 13.2 Å². The quantitative estimate of drug-likeness (QED) is 0.929. The molecule has 0 saturated carbocycles. The maximum atomic E-state index is 12.0. The molecule has 0 fully saturated rings. The van der Waals surface area contributed by atoms with Gasteiger partial charge in [-0.15, -0.1) is 0 Å². The smallest absolute Gasteiger partial charge is 0.251 e. The first-order valence-electron chi connectivity index (χ1n) is 5.93. The van der Waals surface area contributed by atoms with Crippen LogP contribution in [-0.4, -0.2) is 26.6 Å². The van der Waals surface area contributed by atoms with Gasteiger partial charge in [0.2, 0.25) is 0 Å². The summed E-state index contributed by atoms with van der Waals surface area (Å²) in [5, 5.41) is 2.94. The fourth-order valence-corrected chi connectivity index (χ4v) is 2.69. The third-order valence-corrected chi connectivity index (χ3v) is 4.53. The molecule has 106 valence electrons. The lowest BCUT2D eigenvalue weighted by Crippen LogP contribution is -2.36. The summed E-state index contributed by atoms with van der Waals surface area (Å²) in [6.45, 7) is 5.89. The fraction of sp³-hybridized carbons (Fsp3) is 0.462. The molecule has 0 heterocycles. The van der Waals surface area contributed by atoms with E-state index in [0.29, 0.717) is 5.92 Å². The van der Waals surface area contributed by atoms with Crippen molar-refractivity contribution in [2.45, 2.75) is 31.7 Å². The van der Waals surface area contributed by atoms with Crippen LogP contribution in [0.5, 0.6) is 0 Å². The summed E-state index contributed by atoms with van der Waals surface area (Å²) < 4.78 is 23.1. The minimum absolute atomic E-state index is 0.00450. The van der Waals surface area contributed by atoms with Gasteiger partial charge in [-0.25, -0.2) is 8.42 Å². The zero-order valence-corrected chi connectivity index (χ0v) is 13.0. The molecule has 0 bridgehead atoms. The van der Waals surface area contributed by atoms with Gasteiger partial charge in [0, 0.05) is 17.9 Å². The third-order valence-electron chi connectivity index (χ3n) is 2.95. The number of amides is 1. The van der Waals surface area contributed by atoms with Crippen LogP contribution >= 0.6 is 11.6 Å². The normalized spacial score (nSPS) is 13.4. The zero-order valence-electron chi connectivity index (χ0n) is 11.4. The van der Waals surface area contributed by atoms with Crippen molar-refractivity contribution in [1.82, 2.24) is 5.32 Å². The summed E-state index contributed by atoms with van der Waals surface area (Å²) >= 11 is 5.83. The predicted octanol–water partition coefficient (Wildman–Crippen LogP) is 2.52. The Bertz CT molecular complexity index is 582.